The van der Waals surface area contributed by atoms with Crippen LogP contribution in [0.2, 0.25) is 0 Å². The minimum atomic E-state index is 0.0816. The number of amides is 1. The molecule has 3 heterocycles. The van der Waals surface area contributed by atoms with Crippen molar-refractivity contribution in [3.8, 4) is 0 Å². The lowest BCUT2D eigenvalue weighted by atomic mass is 9.93. The van der Waals surface area contributed by atoms with Crippen LogP contribution in [0.15, 0.2) is 42.6 Å². The van der Waals surface area contributed by atoms with Crippen molar-refractivity contribution in [1.82, 2.24) is 19.8 Å². The number of aryl methyl sites for hydroxylation is 2. The lowest BCUT2D eigenvalue weighted by molar-refractivity contribution is -0.121. The molecule has 1 aliphatic carbocycles. The number of aromatic nitrogens is 2. The molecule has 2 fully saturated rings. The summed E-state index contributed by atoms with van der Waals surface area (Å²) in [4.78, 5) is 20.1. The largest absolute Gasteiger partial charge is 0.352 e. The molecule has 1 aromatic carbocycles. The molecule has 5 nitrogen and oxygen atoms in total. The van der Waals surface area contributed by atoms with Gasteiger partial charge >= 0.3 is 0 Å². The van der Waals surface area contributed by atoms with Gasteiger partial charge in [0.1, 0.15) is 0 Å². The lowest BCUT2D eigenvalue weighted by Gasteiger charge is -2.35. The molecule has 1 atom stereocenters. The maximum Gasteiger partial charge on any atom is 0.222 e. The summed E-state index contributed by atoms with van der Waals surface area (Å²) in [5.41, 5.74) is 6.01. The molecule has 1 amide bonds. The predicted molar refractivity (Wildman–Crippen MR) is 138 cm³/mol. The zero-order valence-electron chi connectivity index (χ0n) is 20.7. The number of hydrogen-bond acceptors (Lipinski definition) is 3. The maximum absolute atomic E-state index is 12.6. The molecule has 0 unspecified atom stereocenters. The van der Waals surface area contributed by atoms with Gasteiger partial charge in [0.25, 0.3) is 0 Å². The zero-order valence-corrected chi connectivity index (χ0v) is 20.7. The van der Waals surface area contributed by atoms with Crippen LogP contribution in [0.1, 0.15) is 79.9 Å². The summed E-state index contributed by atoms with van der Waals surface area (Å²) in [6.45, 7) is 6.74. The molecular weight excluding hydrogens is 420 g/mol. The van der Waals surface area contributed by atoms with Crippen LogP contribution in [0.5, 0.6) is 0 Å². The van der Waals surface area contributed by atoms with Crippen molar-refractivity contribution in [2.45, 2.75) is 90.4 Å². The first-order valence-electron chi connectivity index (χ1n) is 13.1. The summed E-state index contributed by atoms with van der Waals surface area (Å²) in [6.07, 6.45) is 11.8. The molecule has 34 heavy (non-hydrogen) atoms. The SMILES string of the molecule is Cc1c(C)n(CCC(=O)NCc2ccc([C@H]3CCCN3C3CCCCC3)nc2)c2ccccc12. The summed E-state index contributed by atoms with van der Waals surface area (Å²) in [6, 6.07) is 14.0. The lowest BCUT2D eigenvalue weighted by Crippen LogP contribution is -2.36. The first-order chi connectivity index (χ1) is 16.6. The molecule has 180 valence electrons. The smallest absolute Gasteiger partial charge is 0.222 e. The molecule has 1 saturated heterocycles. The van der Waals surface area contributed by atoms with Crippen molar-refractivity contribution in [1.29, 1.82) is 0 Å². The van der Waals surface area contributed by atoms with Gasteiger partial charge in [-0.25, -0.2) is 0 Å². The Labute approximate surface area is 203 Å². The molecule has 2 aromatic heterocycles. The Morgan fingerprint density at radius 1 is 1.03 bits per heavy atom. The minimum Gasteiger partial charge on any atom is -0.352 e. The highest BCUT2D eigenvalue weighted by Crippen LogP contribution is 2.36. The fourth-order valence-electron chi connectivity index (χ4n) is 6.09. The summed E-state index contributed by atoms with van der Waals surface area (Å²) < 4.78 is 2.26. The normalized spacial score (nSPS) is 19.6. The van der Waals surface area contributed by atoms with Crippen molar-refractivity contribution in [3.05, 3.63) is 65.1 Å². The van der Waals surface area contributed by atoms with Crippen LogP contribution in [0.3, 0.4) is 0 Å². The van der Waals surface area contributed by atoms with Crippen LogP contribution in [0.4, 0.5) is 0 Å². The number of rotatable bonds is 7. The van der Waals surface area contributed by atoms with Crippen LogP contribution in [-0.4, -0.2) is 32.9 Å². The van der Waals surface area contributed by atoms with Gasteiger partial charge < -0.3 is 9.88 Å². The van der Waals surface area contributed by atoms with Gasteiger partial charge in [0.2, 0.25) is 5.91 Å². The van der Waals surface area contributed by atoms with E-state index in [-0.39, 0.29) is 5.91 Å². The van der Waals surface area contributed by atoms with E-state index in [2.05, 4.69) is 65.0 Å². The average Bonchev–Trinajstić information content (AvgIpc) is 3.46. The van der Waals surface area contributed by atoms with Gasteiger partial charge in [-0.2, -0.15) is 0 Å². The Bertz CT molecular complexity index is 1130. The van der Waals surface area contributed by atoms with E-state index < -0.39 is 0 Å². The van der Waals surface area contributed by atoms with Crippen LogP contribution in [0, 0.1) is 13.8 Å². The average molecular weight is 459 g/mol. The molecule has 1 aliphatic heterocycles. The second-order valence-corrected chi connectivity index (χ2v) is 10.2. The van der Waals surface area contributed by atoms with E-state index in [1.54, 1.807) is 0 Å². The van der Waals surface area contributed by atoms with Crippen molar-refractivity contribution >= 4 is 16.8 Å². The summed E-state index contributed by atoms with van der Waals surface area (Å²) in [7, 11) is 0. The highest BCUT2D eigenvalue weighted by molar-refractivity contribution is 5.85. The summed E-state index contributed by atoms with van der Waals surface area (Å²) >= 11 is 0. The molecule has 1 saturated carbocycles. The van der Waals surface area contributed by atoms with Gasteiger partial charge in [0, 0.05) is 48.3 Å². The van der Waals surface area contributed by atoms with E-state index in [1.807, 2.05) is 6.20 Å². The zero-order chi connectivity index (χ0) is 23.5. The van der Waals surface area contributed by atoms with E-state index in [1.165, 1.54) is 79.3 Å². The fourth-order valence-corrected chi connectivity index (χ4v) is 6.09. The third kappa shape index (κ3) is 4.76. The fraction of sp³-hybridized carbons (Fsp3) is 0.517. The summed E-state index contributed by atoms with van der Waals surface area (Å²) in [5.74, 6) is 0.0816. The number of carbonyl (C=O) groups excluding carboxylic acids is 1. The van der Waals surface area contributed by atoms with Gasteiger partial charge in [-0.3, -0.25) is 14.7 Å². The van der Waals surface area contributed by atoms with Crippen molar-refractivity contribution in [3.63, 3.8) is 0 Å². The number of pyridine rings is 1. The van der Waals surface area contributed by atoms with Crippen LogP contribution >= 0.6 is 0 Å². The number of nitrogens with one attached hydrogen (secondary N) is 1. The van der Waals surface area contributed by atoms with E-state index in [0.29, 0.717) is 25.6 Å². The van der Waals surface area contributed by atoms with Crippen LogP contribution < -0.4 is 5.32 Å². The van der Waals surface area contributed by atoms with Crippen LogP contribution in [0.25, 0.3) is 10.9 Å². The third-order valence-corrected chi connectivity index (χ3v) is 8.13. The molecule has 3 aromatic rings. The Morgan fingerprint density at radius 2 is 1.85 bits per heavy atom. The number of hydrogen-bond donors (Lipinski definition) is 1. The number of para-hydroxylation sites is 1. The summed E-state index contributed by atoms with van der Waals surface area (Å²) in [5, 5.41) is 4.36. The molecule has 0 bridgehead atoms. The van der Waals surface area contributed by atoms with Gasteiger partial charge in [0.15, 0.2) is 0 Å². The topological polar surface area (TPSA) is 50.2 Å². The van der Waals surface area contributed by atoms with Gasteiger partial charge in [0.05, 0.1) is 11.7 Å². The van der Waals surface area contributed by atoms with Gasteiger partial charge in [-0.1, -0.05) is 43.5 Å². The monoisotopic (exact) mass is 458 g/mol. The molecular formula is C29H38N4O. The molecule has 0 radical (unpaired) electrons. The Morgan fingerprint density at radius 3 is 2.65 bits per heavy atom. The van der Waals surface area contributed by atoms with E-state index >= 15 is 0 Å². The number of carbonyl (C=O) groups is 1. The maximum atomic E-state index is 12.6. The van der Waals surface area contributed by atoms with E-state index in [9.17, 15) is 4.79 Å². The first kappa shape index (κ1) is 23.1. The Kier molecular flexibility index (Phi) is 7.00. The highest BCUT2D eigenvalue weighted by Gasteiger charge is 2.33. The van der Waals surface area contributed by atoms with Crippen molar-refractivity contribution in [2.24, 2.45) is 0 Å². The standard InChI is InChI=1S/C29H38N4O/c1-21-22(2)32(27-12-7-6-11-25(21)27)18-16-29(34)31-20-23-14-15-26(30-19-23)28-13-8-17-33(28)24-9-4-3-5-10-24/h6-7,11-12,14-15,19,24,28H,3-5,8-10,13,16-18,20H2,1-2H3,(H,31,34)/t28-/m1/s1. The Hall–Kier alpha value is -2.66. The number of fused-ring (bicyclic) bond motifs is 1. The minimum absolute atomic E-state index is 0.0816. The third-order valence-electron chi connectivity index (χ3n) is 8.13. The second kappa shape index (κ2) is 10.3. The quantitative estimate of drug-likeness (QED) is 0.485. The van der Waals surface area contributed by atoms with Gasteiger partial charge in [-0.15, -0.1) is 0 Å². The molecule has 5 rings (SSSR count). The number of likely N-dealkylation sites (tertiary alicyclic amines) is 1. The molecule has 2 aliphatic rings. The molecule has 0 spiro atoms. The van der Waals surface area contributed by atoms with E-state index in [0.717, 1.165) is 11.6 Å². The van der Waals surface area contributed by atoms with Crippen molar-refractivity contribution < 1.29 is 4.79 Å². The number of nitrogens with zero attached hydrogens (tertiary/aromatic N) is 3. The second-order valence-electron chi connectivity index (χ2n) is 10.2. The first-order valence-corrected chi connectivity index (χ1v) is 13.1. The Balaban J connectivity index is 1.15. The number of benzene rings is 1. The molecule has 5 heteroatoms. The van der Waals surface area contributed by atoms with E-state index in [4.69, 9.17) is 4.98 Å². The van der Waals surface area contributed by atoms with Gasteiger partial charge in [-0.05, 0) is 69.3 Å². The van der Waals surface area contributed by atoms with Crippen molar-refractivity contribution in [2.75, 3.05) is 6.54 Å². The molecule has 1 N–H and O–H groups in total. The van der Waals surface area contributed by atoms with Crippen LogP contribution in [-0.2, 0) is 17.9 Å². The highest BCUT2D eigenvalue weighted by atomic mass is 16.1. The predicted octanol–water partition coefficient (Wildman–Crippen LogP) is 5.83.